The zero-order valence-electron chi connectivity index (χ0n) is 12.1. The SMILES string of the molecule is CC(=O)Nc1ccc(F)c(NC2CSCC(C)(C)C2)c1. The fourth-order valence-electron chi connectivity index (χ4n) is 2.49. The normalized spacial score (nSPS) is 21.3. The van der Waals surface area contributed by atoms with Gasteiger partial charge in [0.15, 0.2) is 0 Å². The first-order valence-corrected chi connectivity index (χ1v) is 7.93. The van der Waals surface area contributed by atoms with Crippen LogP contribution in [-0.2, 0) is 4.79 Å². The van der Waals surface area contributed by atoms with Gasteiger partial charge in [0, 0.05) is 24.4 Å². The van der Waals surface area contributed by atoms with Gasteiger partial charge >= 0.3 is 0 Å². The third-order valence-electron chi connectivity index (χ3n) is 3.26. The van der Waals surface area contributed by atoms with Crippen molar-refractivity contribution >= 4 is 29.0 Å². The highest BCUT2D eigenvalue weighted by atomic mass is 32.2. The van der Waals surface area contributed by atoms with Crippen molar-refractivity contribution in [2.75, 3.05) is 22.1 Å². The van der Waals surface area contributed by atoms with Gasteiger partial charge < -0.3 is 10.6 Å². The Morgan fingerprint density at radius 1 is 1.45 bits per heavy atom. The second kappa shape index (κ2) is 6.04. The number of anilines is 2. The lowest BCUT2D eigenvalue weighted by Crippen LogP contribution is -2.35. The van der Waals surface area contributed by atoms with Gasteiger partial charge in [0.1, 0.15) is 5.82 Å². The first-order chi connectivity index (χ1) is 9.35. The maximum Gasteiger partial charge on any atom is 0.221 e. The van der Waals surface area contributed by atoms with Crippen LogP contribution in [0.5, 0.6) is 0 Å². The molecule has 20 heavy (non-hydrogen) atoms. The molecule has 1 fully saturated rings. The molecule has 0 aliphatic carbocycles. The molecule has 1 unspecified atom stereocenters. The van der Waals surface area contributed by atoms with Gasteiger partial charge in [-0.15, -0.1) is 0 Å². The zero-order valence-corrected chi connectivity index (χ0v) is 12.9. The summed E-state index contributed by atoms with van der Waals surface area (Å²) in [7, 11) is 0. The molecule has 0 spiro atoms. The van der Waals surface area contributed by atoms with E-state index >= 15 is 0 Å². The molecular weight excluding hydrogens is 275 g/mol. The van der Waals surface area contributed by atoms with E-state index in [1.807, 2.05) is 11.8 Å². The van der Waals surface area contributed by atoms with Gasteiger partial charge in [0.2, 0.25) is 5.91 Å². The quantitative estimate of drug-likeness (QED) is 0.893. The molecule has 1 aromatic carbocycles. The Morgan fingerprint density at radius 3 is 2.85 bits per heavy atom. The van der Waals surface area contributed by atoms with E-state index in [1.165, 1.54) is 13.0 Å². The molecule has 1 atom stereocenters. The number of benzene rings is 1. The fourth-order valence-corrected chi connectivity index (χ4v) is 3.77. The van der Waals surface area contributed by atoms with Gasteiger partial charge in [-0.05, 0) is 35.8 Å². The molecule has 5 heteroatoms. The summed E-state index contributed by atoms with van der Waals surface area (Å²) in [6.45, 7) is 5.91. The van der Waals surface area contributed by atoms with Crippen molar-refractivity contribution in [2.24, 2.45) is 5.41 Å². The summed E-state index contributed by atoms with van der Waals surface area (Å²) in [4.78, 5) is 11.1. The van der Waals surface area contributed by atoms with Crippen molar-refractivity contribution in [3.63, 3.8) is 0 Å². The predicted molar refractivity (Wildman–Crippen MR) is 83.8 cm³/mol. The maximum absolute atomic E-state index is 13.9. The number of hydrogen-bond acceptors (Lipinski definition) is 3. The average molecular weight is 296 g/mol. The Hall–Kier alpha value is -1.23. The van der Waals surface area contributed by atoms with Crippen molar-refractivity contribution in [3.05, 3.63) is 24.0 Å². The molecule has 2 N–H and O–H groups in total. The van der Waals surface area contributed by atoms with Crippen LogP contribution in [0.4, 0.5) is 15.8 Å². The summed E-state index contributed by atoms with van der Waals surface area (Å²) >= 11 is 1.90. The molecule has 1 saturated heterocycles. The third kappa shape index (κ3) is 4.13. The highest BCUT2D eigenvalue weighted by Crippen LogP contribution is 2.35. The molecule has 0 radical (unpaired) electrons. The molecule has 110 valence electrons. The number of halogens is 1. The number of carbonyl (C=O) groups excluding carboxylic acids is 1. The van der Waals surface area contributed by atoms with Crippen LogP contribution in [0.2, 0.25) is 0 Å². The van der Waals surface area contributed by atoms with Crippen molar-refractivity contribution in [1.29, 1.82) is 0 Å². The molecule has 0 bridgehead atoms. The Labute approximate surface area is 123 Å². The number of hydrogen-bond donors (Lipinski definition) is 2. The molecule has 2 rings (SSSR count). The van der Waals surface area contributed by atoms with Gasteiger partial charge in [-0.2, -0.15) is 11.8 Å². The molecule has 3 nitrogen and oxygen atoms in total. The molecule has 0 aromatic heterocycles. The van der Waals surface area contributed by atoms with Gasteiger partial charge in [-0.25, -0.2) is 4.39 Å². The highest BCUT2D eigenvalue weighted by Gasteiger charge is 2.28. The van der Waals surface area contributed by atoms with Crippen molar-refractivity contribution < 1.29 is 9.18 Å². The Balaban J connectivity index is 2.10. The van der Waals surface area contributed by atoms with E-state index < -0.39 is 0 Å². The average Bonchev–Trinajstić information content (AvgIpc) is 2.31. The fraction of sp³-hybridized carbons (Fsp3) is 0.533. The summed E-state index contributed by atoms with van der Waals surface area (Å²) in [5.74, 6) is 1.68. The van der Waals surface area contributed by atoms with E-state index in [1.54, 1.807) is 12.1 Å². The second-order valence-electron chi connectivity index (χ2n) is 6.10. The van der Waals surface area contributed by atoms with Crippen LogP contribution in [0.3, 0.4) is 0 Å². The molecular formula is C15H21FN2OS. The van der Waals surface area contributed by atoms with Crippen LogP contribution in [0.15, 0.2) is 18.2 Å². The van der Waals surface area contributed by atoms with E-state index in [0.29, 0.717) is 11.4 Å². The number of carbonyl (C=O) groups is 1. The first-order valence-electron chi connectivity index (χ1n) is 6.77. The van der Waals surface area contributed by atoms with E-state index in [0.717, 1.165) is 17.9 Å². The summed E-state index contributed by atoms with van der Waals surface area (Å²) in [5.41, 5.74) is 1.34. The summed E-state index contributed by atoms with van der Waals surface area (Å²) < 4.78 is 13.9. The van der Waals surface area contributed by atoms with Gasteiger partial charge in [-0.1, -0.05) is 13.8 Å². The molecule has 1 aliphatic rings. The standard InChI is InChI=1S/C15H21FN2OS/c1-10(19)17-11-4-5-13(16)14(6-11)18-12-7-15(2,3)9-20-8-12/h4-6,12,18H,7-9H2,1-3H3,(H,17,19). The van der Waals surface area contributed by atoms with Gasteiger partial charge in [0.25, 0.3) is 0 Å². The monoisotopic (exact) mass is 296 g/mol. The van der Waals surface area contributed by atoms with Crippen molar-refractivity contribution in [3.8, 4) is 0 Å². The van der Waals surface area contributed by atoms with E-state index in [9.17, 15) is 9.18 Å². The van der Waals surface area contributed by atoms with Gasteiger partial charge in [-0.3, -0.25) is 4.79 Å². The summed E-state index contributed by atoms with van der Waals surface area (Å²) in [6.07, 6.45) is 1.02. The number of nitrogens with one attached hydrogen (secondary N) is 2. The Bertz CT molecular complexity index is 505. The smallest absolute Gasteiger partial charge is 0.221 e. The van der Waals surface area contributed by atoms with Crippen LogP contribution < -0.4 is 10.6 Å². The lowest BCUT2D eigenvalue weighted by Gasteiger charge is -2.35. The minimum absolute atomic E-state index is 0.156. The second-order valence-corrected chi connectivity index (χ2v) is 7.13. The molecule has 1 aliphatic heterocycles. The first kappa shape index (κ1) is 15.2. The Kier molecular flexibility index (Phi) is 4.58. The van der Waals surface area contributed by atoms with E-state index in [4.69, 9.17) is 0 Å². The third-order valence-corrected chi connectivity index (χ3v) is 4.88. The van der Waals surface area contributed by atoms with Crippen LogP contribution in [-0.4, -0.2) is 23.5 Å². The molecule has 0 saturated carbocycles. The van der Waals surface area contributed by atoms with E-state index in [2.05, 4.69) is 24.5 Å². The lowest BCUT2D eigenvalue weighted by molar-refractivity contribution is -0.114. The molecule has 1 aromatic rings. The zero-order chi connectivity index (χ0) is 14.8. The summed E-state index contributed by atoms with van der Waals surface area (Å²) in [5, 5.41) is 5.95. The lowest BCUT2D eigenvalue weighted by atomic mass is 9.88. The van der Waals surface area contributed by atoms with Crippen LogP contribution >= 0.6 is 11.8 Å². The van der Waals surface area contributed by atoms with Crippen LogP contribution in [0, 0.1) is 11.2 Å². The number of thioether (sulfide) groups is 1. The summed E-state index contributed by atoms with van der Waals surface area (Å²) in [6, 6.07) is 4.87. The van der Waals surface area contributed by atoms with E-state index in [-0.39, 0.29) is 23.2 Å². The topological polar surface area (TPSA) is 41.1 Å². The van der Waals surface area contributed by atoms with Gasteiger partial charge in [0.05, 0.1) is 5.69 Å². The predicted octanol–water partition coefficient (Wildman–Crippen LogP) is 3.73. The minimum atomic E-state index is -0.285. The Morgan fingerprint density at radius 2 is 2.20 bits per heavy atom. The molecule has 1 heterocycles. The van der Waals surface area contributed by atoms with Crippen molar-refractivity contribution in [2.45, 2.75) is 33.2 Å². The largest absolute Gasteiger partial charge is 0.379 e. The van der Waals surface area contributed by atoms with Crippen LogP contribution in [0.1, 0.15) is 27.2 Å². The maximum atomic E-state index is 13.9. The molecule has 1 amide bonds. The van der Waals surface area contributed by atoms with Crippen LogP contribution in [0.25, 0.3) is 0 Å². The number of rotatable bonds is 3. The number of amides is 1. The minimum Gasteiger partial charge on any atom is -0.379 e. The van der Waals surface area contributed by atoms with Crippen molar-refractivity contribution in [1.82, 2.24) is 0 Å². The highest BCUT2D eigenvalue weighted by molar-refractivity contribution is 7.99.